The average molecular weight is 382 g/mol. The van der Waals surface area contributed by atoms with Crippen LogP contribution in [-0.4, -0.2) is 22.4 Å². The molecule has 23 heavy (non-hydrogen) atoms. The molecule has 0 aromatic heterocycles. The molecule has 1 aromatic carbocycles. The molecule has 1 aliphatic heterocycles. The first-order valence-corrected chi connectivity index (χ1v) is 7.56. The number of hydrogen-bond acceptors (Lipinski definition) is 3. The fourth-order valence-corrected chi connectivity index (χ4v) is 2.35. The van der Waals surface area contributed by atoms with Gasteiger partial charge in [-0.2, -0.15) is 0 Å². The molecule has 0 bridgehead atoms. The number of rotatable bonds is 3. The van der Waals surface area contributed by atoms with Crippen LogP contribution in [0.4, 0.5) is 9.18 Å². The molecule has 2 unspecified atom stereocenters. The van der Waals surface area contributed by atoms with Crippen molar-refractivity contribution in [2.24, 2.45) is 5.92 Å². The first kappa shape index (κ1) is 17.8. The lowest BCUT2D eigenvalue weighted by Gasteiger charge is -2.33. The Labute approximate surface area is 146 Å². The number of halogens is 4. The number of hydrogen-bond donors (Lipinski definition) is 2. The minimum absolute atomic E-state index is 0.0660. The van der Waals surface area contributed by atoms with Gasteiger partial charge < -0.3 is 15.4 Å². The Kier molecular flexibility index (Phi) is 5.39. The number of nitrogens with one attached hydrogen (secondary N) is 2. The summed E-state index contributed by atoms with van der Waals surface area (Å²) in [5.41, 5.74) is 0.190. The number of ether oxygens (including phenoxy) is 1. The Balaban J connectivity index is 2.29. The van der Waals surface area contributed by atoms with Crippen molar-refractivity contribution in [3.8, 4) is 0 Å². The second kappa shape index (κ2) is 6.95. The molecule has 0 spiro atoms. The highest BCUT2D eigenvalue weighted by Gasteiger charge is 2.40. The maximum atomic E-state index is 14.0. The molecule has 1 heterocycles. The third-order valence-corrected chi connectivity index (χ3v) is 3.47. The van der Waals surface area contributed by atoms with Crippen LogP contribution in [0.5, 0.6) is 0 Å². The first-order valence-electron chi connectivity index (χ1n) is 6.43. The van der Waals surface area contributed by atoms with E-state index >= 15 is 0 Å². The molecule has 0 aliphatic carbocycles. The molecule has 1 fully saturated rings. The molecule has 9 heteroatoms. The van der Waals surface area contributed by atoms with E-state index in [1.807, 2.05) is 0 Å². The van der Waals surface area contributed by atoms with Gasteiger partial charge in [-0.25, -0.2) is 9.18 Å². The minimum Gasteiger partial charge on any atom is -0.461 e. The van der Waals surface area contributed by atoms with Gasteiger partial charge in [0.25, 0.3) is 0 Å². The Hall–Kier alpha value is -1.50. The fourth-order valence-electron chi connectivity index (χ4n) is 2.19. The predicted octanol–water partition coefficient (Wildman–Crippen LogP) is 3.22. The SMILES string of the molecule is C=C1NC(=O)NC(c2ccccc2F)C1C(=O)OCC(Cl)(Cl)Cl. The maximum Gasteiger partial charge on any atom is 0.319 e. The quantitative estimate of drug-likeness (QED) is 0.624. The van der Waals surface area contributed by atoms with Crippen molar-refractivity contribution in [2.75, 3.05) is 6.61 Å². The van der Waals surface area contributed by atoms with E-state index in [4.69, 9.17) is 39.5 Å². The zero-order valence-electron chi connectivity index (χ0n) is 11.6. The van der Waals surface area contributed by atoms with Gasteiger partial charge >= 0.3 is 12.0 Å². The summed E-state index contributed by atoms with van der Waals surface area (Å²) < 4.78 is 17.2. The van der Waals surface area contributed by atoms with E-state index in [1.54, 1.807) is 6.07 Å². The molecule has 5 nitrogen and oxygen atoms in total. The summed E-state index contributed by atoms with van der Waals surface area (Å²) in [6, 6.07) is 4.16. The molecular weight excluding hydrogens is 370 g/mol. The topological polar surface area (TPSA) is 67.4 Å². The summed E-state index contributed by atoms with van der Waals surface area (Å²) in [5.74, 6) is -2.45. The maximum absolute atomic E-state index is 14.0. The molecular formula is C14H12Cl3FN2O3. The molecule has 0 radical (unpaired) electrons. The lowest BCUT2D eigenvalue weighted by molar-refractivity contribution is -0.148. The van der Waals surface area contributed by atoms with Crippen LogP contribution in [0.3, 0.4) is 0 Å². The molecule has 2 amide bonds. The van der Waals surface area contributed by atoms with Crippen LogP contribution in [-0.2, 0) is 9.53 Å². The van der Waals surface area contributed by atoms with Gasteiger partial charge in [0.15, 0.2) is 0 Å². The highest BCUT2D eigenvalue weighted by atomic mass is 35.6. The highest BCUT2D eigenvalue weighted by molar-refractivity contribution is 6.67. The van der Waals surface area contributed by atoms with Gasteiger partial charge in [-0.1, -0.05) is 59.6 Å². The number of carbonyl (C=O) groups excluding carboxylic acids is 2. The summed E-state index contributed by atoms with van der Waals surface area (Å²) in [4.78, 5) is 23.9. The van der Waals surface area contributed by atoms with Crippen molar-refractivity contribution in [1.82, 2.24) is 10.6 Å². The third-order valence-electron chi connectivity index (χ3n) is 3.14. The summed E-state index contributed by atoms with van der Waals surface area (Å²) >= 11 is 16.6. The Morgan fingerprint density at radius 1 is 1.35 bits per heavy atom. The second-order valence-electron chi connectivity index (χ2n) is 4.82. The molecule has 2 rings (SSSR count). The summed E-state index contributed by atoms with van der Waals surface area (Å²) in [6.07, 6.45) is 0. The van der Waals surface area contributed by atoms with Crippen LogP contribution in [0.25, 0.3) is 0 Å². The average Bonchev–Trinajstić information content (AvgIpc) is 2.43. The number of benzene rings is 1. The first-order chi connectivity index (χ1) is 10.7. The number of amides is 2. The summed E-state index contributed by atoms with van der Waals surface area (Å²) in [5, 5.41) is 4.84. The Bertz CT molecular complexity index is 648. The third kappa shape index (κ3) is 4.50. The lowest BCUT2D eigenvalue weighted by atomic mass is 9.89. The van der Waals surface area contributed by atoms with Crippen molar-refractivity contribution in [3.63, 3.8) is 0 Å². The van der Waals surface area contributed by atoms with Crippen LogP contribution in [0.1, 0.15) is 11.6 Å². The zero-order chi connectivity index (χ0) is 17.2. The molecule has 1 aliphatic rings. The summed E-state index contributed by atoms with van der Waals surface area (Å²) in [7, 11) is 0. The van der Waals surface area contributed by atoms with Gasteiger partial charge in [-0.05, 0) is 6.07 Å². The van der Waals surface area contributed by atoms with Gasteiger partial charge in [-0.15, -0.1) is 0 Å². The van der Waals surface area contributed by atoms with Crippen molar-refractivity contribution >= 4 is 46.8 Å². The lowest BCUT2D eigenvalue weighted by Crippen LogP contribution is -2.51. The van der Waals surface area contributed by atoms with Crippen LogP contribution >= 0.6 is 34.8 Å². The van der Waals surface area contributed by atoms with Crippen molar-refractivity contribution in [3.05, 3.63) is 47.9 Å². The van der Waals surface area contributed by atoms with Crippen molar-refractivity contribution in [1.29, 1.82) is 0 Å². The van der Waals surface area contributed by atoms with E-state index in [1.165, 1.54) is 18.2 Å². The van der Waals surface area contributed by atoms with Crippen LogP contribution in [0.2, 0.25) is 0 Å². The number of alkyl halides is 3. The molecule has 1 saturated heterocycles. The minimum atomic E-state index is -1.78. The monoisotopic (exact) mass is 380 g/mol. The van der Waals surface area contributed by atoms with E-state index in [-0.39, 0.29) is 11.3 Å². The molecule has 124 valence electrons. The van der Waals surface area contributed by atoms with Crippen molar-refractivity contribution in [2.45, 2.75) is 9.83 Å². The smallest absolute Gasteiger partial charge is 0.319 e. The Morgan fingerprint density at radius 3 is 2.61 bits per heavy atom. The molecule has 2 atom stereocenters. The van der Waals surface area contributed by atoms with E-state index < -0.39 is 40.2 Å². The number of esters is 1. The standard InChI is InChI=1S/C14H12Cl3FN2O3/c1-7-10(12(21)23-6-14(15,16)17)11(20-13(22)19-7)8-4-2-3-5-9(8)18/h2-5,10-11H,1,6H2,(H2,19,20,22). The fraction of sp³-hybridized carbons (Fsp3) is 0.286. The van der Waals surface area contributed by atoms with Gasteiger partial charge in [0.1, 0.15) is 18.3 Å². The largest absolute Gasteiger partial charge is 0.461 e. The van der Waals surface area contributed by atoms with Gasteiger partial charge in [0, 0.05) is 11.3 Å². The normalized spacial score (nSPS) is 21.4. The highest BCUT2D eigenvalue weighted by Crippen LogP contribution is 2.33. The van der Waals surface area contributed by atoms with Crippen LogP contribution in [0.15, 0.2) is 36.5 Å². The van der Waals surface area contributed by atoms with E-state index in [9.17, 15) is 14.0 Å². The summed E-state index contributed by atoms with van der Waals surface area (Å²) in [6.45, 7) is 3.13. The number of carbonyl (C=O) groups is 2. The van der Waals surface area contributed by atoms with E-state index in [0.717, 1.165) is 0 Å². The molecule has 1 aromatic rings. The number of urea groups is 1. The predicted molar refractivity (Wildman–Crippen MR) is 84.7 cm³/mol. The molecule has 2 N–H and O–H groups in total. The van der Waals surface area contributed by atoms with Crippen molar-refractivity contribution < 1.29 is 18.7 Å². The van der Waals surface area contributed by atoms with E-state index in [0.29, 0.717) is 0 Å². The van der Waals surface area contributed by atoms with Gasteiger partial charge in [0.2, 0.25) is 3.79 Å². The van der Waals surface area contributed by atoms with Crippen LogP contribution < -0.4 is 10.6 Å². The van der Waals surface area contributed by atoms with Gasteiger partial charge in [-0.3, -0.25) is 4.79 Å². The van der Waals surface area contributed by atoms with Gasteiger partial charge in [0.05, 0.1) is 6.04 Å². The second-order valence-corrected chi connectivity index (χ2v) is 7.34. The zero-order valence-corrected chi connectivity index (χ0v) is 13.9. The van der Waals surface area contributed by atoms with E-state index in [2.05, 4.69) is 17.2 Å². The Morgan fingerprint density at radius 2 is 2.00 bits per heavy atom. The molecule has 0 saturated carbocycles. The van der Waals surface area contributed by atoms with Crippen LogP contribution in [0, 0.1) is 11.7 Å².